The van der Waals surface area contributed by atoms with E-state index in [1.165, 1.54) is 6.33 Å². The third-order valence-corrected chi connectivity index (χ3v) is 6.08. The van der Waals surface area contributed by atoms with Crippen LogP contribution in [0.5, 0.6) is 5.88 Å². The molecule has 1 aliphatic carbocycles. The fourth-order valence-electron chi connectivity index (χ4n) is 4.51. The molecule has 6 rings (SSSR count). The zero-order valence-electron chi connectivity index (χ0n) is 15.7. The molecular weight excluding hydrogens is 372 g/mol. The molecule has 3 aromatic heterocycles. The molecule has 2 aliphatic heterocycles. The number of rotatable bonds is 4. The molecule has 148 valence electrons. The number of fused-ring (bicyclic) bond motifs is 2. The van der Waals surface area contributed by atoms with Gasteiger partial charge >= 0.3 is 5.69 Å². The van der Waals surface area contributed by atoms with Crippen molar-refractivity contribution in [3.8, 4) is 5.88 Å². The van der Waals surface area contributed by atoms with Crippen molar-refractivity contribution in [3.05, 3.63) is 41.0 Å². The molecule has 5 heterocycles. The van der Waals surface area contributed by atoms with Gasteiger partial charge in [-0.2, -0.15) is 15.2 Å². The van der Waals surface area contributed by atoms with Gasteiger partial charge in [0.25, 0.3) is 0 Å². The Labute approximate surface area is 165 Å². The Bertz CT molecular complexity index is 1180. The predicted octanol–water partition coefficient (Wildman–Crippen LogP) is 0.881. The van der Waals surface area contributed by atoms with Crippen LogP contribution in [0.2, 0.25) is 0 Å². The Balaban J connectivity index is 1.18. The topological polar surface area (TPSA) is 104 Å². The van der Waals surface area contributed by atoms with Crippen molar-refractivity contribution in [2.75, 3.05) is 6.54 Å². The summed E-state index contributed by atoms with van der Waals surface area (Å²) in [5.41, 5.74) is 0.805. The highest BCUT2D eigenvalue weighted by Gasteiger charge is 2.39. The first kappa shape index (κ1) is 16.6. The van der Waals surface area contributed by atoms with Crippen molar-refractivity contribution < 1.29 is 4.74 Å². The quantitative estimate of drug-likeness (QED) is 0.656. The van der Waals surface area contributed by atoms with Crippen LogP contribution >= 0.6 is 0 Å². The van der Waals surface area contributed by atoms with Crippen LogP contribution in [0.15, 0.2) is 39.4 Å². The van der Waals surface area contributed by atoms with E-state index in [4.69, 9.17) is 4.74 Å². The zero-order valence-corrected chi connectivity index (χ0v) is 15.7. The molecule has 0 amide bonds. The summed E-state index contributed by atoms with van der Waals surface area (Å²) in [7, 11) is 0. The maximum Gasteiger partial charge on any atom is 0.346 e. The van der Waals surface area contributed by atoms with Crippen LogP contribution in [0.3, 0.4) is 0 Å². The summed E-state index contributed by atoms with van der Waals surface area (Å²) >= 11 is 0. The summed E-state index contributed by atoms with van der Waals surface area (Å²) < 4.78 is 11.3. The van der Waals surface area contributed by atoms with Crippen molar-refractivity contribution in [3.63, 3.8) is 0 Å². The van der Waals surface area contributed by atoms with Crippen molar-refractivity contribution in [2.24, 2.45) is 9.98 Å². The average molecular weight is 392 g/mol. The summed E-state index contributed by atoms with van der Waals surface area (Å²) in [5.74, 6) is 1.43. The number of hydrogen-bond donors (Lipinski definition) is 0. The molecule has 1 fully saturated rings. The van der Waals surface area contributed by atoms with Gasteiger partial charge in [0.2, 0.25) is 5.88 Å². The largest absolute Gasteiger partial charge is 0.473 e. The molecule has 3 aliphatic rings. The van der Waals surface area contributed by atoms with Crippen LogP contribution < -0.4 is 10.4 Å². The molecule has 0 aromatic carbocycles. The summed E-state index contributed by atoms with van der Waals surface area (Å²) in [6.45, 7) is 0.630. The van der Waals surface area contributed by atoms with Crippen molar-refractivity contribution >= 4 is 17.9 Å². The summed E-state index contributed by atoms with van der Waals surface area (Å²) in [6.07, 6.45) is 9.99. The van der Waals surface area contributed by atoms with Gasteiger partial charge in [0, 0.05) is 37.9 Å². The summed E-state index contributed by atoms with van der Waals surface area (Å²) in [5, 5.41) is 8.78. The second kappa shape index (κ2) is 6.36. The van der Waals surface area contributed by atoms with Gasteiger partial charge in [-0.3, -0.25) is 14.6 Å². The zero-order chi connectivity index (χ0) is 19.4. The molecule has 2 atom stereocenters. The van der Waals surface area contributed by atoms with Gasteiger partial charge in [0.1, 0.15) is 23.8 Å². The van der Waals surface area contributed by atoms with E-state index in [0.29, 0.717) is 12.4 Å². The van der Waals surface area contributed by atoms with Crippen molar-refractivity contribution in [1.82, 2.24) is 28.9 Å². The number of nitrogens with zero attached hydrogens (tertiary/aromatic N) is 8. The van der Waals surface area contributed by atoms with E-state index in [1.807, 2.05) is 22.9 Å². The number of aliphatic imine (C=N–C) groups is 2. The van der Waals surface area contributed by atoms with Gasteiger partial charge in [-0.05, 0) is 18.6 Å². The van der Waals surface area contributed by atoms with E-state index < -0.39 is 0 Å². The fraction of sp³-hybridized carbons (Fsp3) is 0.474. The van der Waals surface area contributed by atoms with Crippen LogP contribution in [-0.2, 0) is 6.42 Å². The smallest absolute Gasteiger partial charge is 0.346 e. The van der Waals surface area contributed by atoms with Crippen molar-refractivity contribution in [2.45, 2.75) is 49.9 Å². The fourth-order valence-corrected chi connectivity index (χ4v) is 4.51. The predicted molar refractivity (Wildman–Crippen MR) is 105 cm³/mol. The minimum Gasteiger partial charge on any atom is -0.473 e. The molecule has 29 heavy (non-hydrogen) atoms. The monoisotopic (exact) mass is 392 g/mol. The summed E-state index contributed by atoms with van der Waals surface area (Å²) in [6, 6.07) is 3.97. The molecular formula is C19H20N8O2. The molecule has 0 saturated heterocycles. The average Bonchev–Trinajstić information content (AvgIpc) is 3.42. The highest BCUT2D eigenvalue weighted by Crippen LogP contribution is 2.36. The van der Waals surface area contributed by atoms with Gasteiger partial charge in [0.15, 0.2) is 0 Å². The van der Waals surface area contributed by atoms with Crippen molar-refractivity contribution in [1.29, 1.82) is 0 Å². The van der Waals surface area contributed by atoms with E-state index in [9.17, 15) is 4.79 Å². The van der Waals surface area contributed by atoms with Gasteiger partial charge < -0.3 is 4.74 Å². The molecule has 0 N–H and O–H groups in total. The van der Waals surface area contributed by atoms with Crippen LogP contribution in [0.25, 0.3) is 5.52 Å². The lowest BCUT2D eigenvalue weighted by molar-refractivity contribution is 0.0592. The number of aryl methyl sites for hydroxylation is 1. The van der Waals surface area contributed by atoms with Crippen LogP contribution in [0.4, 0.5) is 0 Å². The van der Waals surface area contributed by atoms with Gasteiger partial charge in [-0.1, -0.05) is 0 Å². The van der Waals surface area contributed by atoms with E-state index >= 15 is 0 Å². The Kier molecular flexibility index (Phi) is 3.65. The summed E-state index contributed by atoms with van der Waals surface area (Å²) in [4.78, 5) is 26.1. The second-order valence-corrected chi connectivity index (χ2v) is 7.77. The van der Waals surface area contributed by atoms with E-state index in [2.05, 4.69) is 25.2 Å². The van der Waals surface area contributed by atoms with Gasteiger partial charge in [-0.15, -0.1) is 0 Å². The van der Waals surface area contributed by atoms with Gasteiger partial charge in [0.05, 0.1) is 24.7 Å². The maximum absolute atomic E-state index is 13.1. The highest BCUT2D eigenvalue weighted by molar-refractivity contribution is 6.16. The molecule has 1 unspecified atom stereocenters. The Morgan fingerprint density at radius 3 is 3.00 bits per heavy atom. The number of aromatic nitrogens is 6. The SMILES string of the molecule is O=c1n(C2CC(Oc3ncnn4cccc34)C2)nc2n1[C@H](C1CN=CC=N1)CC2. The highest BCUT2D eigenvalue weighted by atomic mass is 16.5. The lowest BCUT2D eigenvalue weighted by atomic mass is 9.89. The van der Waals surface area contributed by atoms with E-state index in [-0.39, 0.29) is 29.9 Å². The molecule has 10 nitrogen and oxygen atoms in total. The van der Waals surface area contributed by atoms with Gasteiger partial charge in [-0.25, -0.2) is 14.0 Å². The van der Waals surface area contributed by atoms with Crippen LogP contribution in [0.1, 0.15) is 37.2 Å². The lowest BCUT2D eigenvalue weighted by Gasteiger charge is -2.34. The van der Waals surface area contributed by atoms with Crippen LogP contribution in [0, 0.1) is 0 Å². The Hall–Kier alpha value is -3.30. The molecule has 1 saturated carbocycles. The Morgan fingerprint density at radius 2 is 2.14 bits per heavy atom. The normalized spacial score (nSPS) is 27.9. The minimum atomic E-state index is -0.0354. The second-order valence-electron chi connectivity index (χ2n) is 7.77. The molecule has 0 spiro atoms. The van der Waals surface area contributed by atoms with Crippen LogP contribution in [-0.4, -0.2) is 60.1 Å². The number of hydrogen-bond acceptors (Lipinski definition) is 7. The van der Waals surface area contributed by atoms with E-state index in [0.717, 1.165) is 37.0 Å². The first-order valence-electron chi connectivity index (χ1n) is 9.94. The standard InChI is InChI=1S/C19H20N8O2/c28-19-26-15(14-10-20-5-6-21-14)3-4-17(26)24-27(19)12-8-13(9-12)29-18-16-2-1-7-25(16)23-11-22-18/h1-2,5-7,11-15H,3-4,8-10H2/t12?,13?,14?,15-/m0/s1. The molecule has 3 aromatic rings. The lowest BCUT2D eigenvalue weighted by Crippen LogP contribution is -2.42. The first-order valence-corrected chi connectivity index (χ1v) is 9.94. The minimum absolute atomic E-state index is 0.0186. The first-order chi connectivity index (χ1) is 14.3. The third-order valence-electron chi connectivity index (χ3n) is 6.08. The molecule has 0 bridgehead atoms. The van der Waals surface area contributed by atoms with E-state index in [1.54, 1.807) is 21.6 Å². The molecule has 10 heteroatoms. The maximum atomic E-state index is 13.1. The number of ether oxygens (including phenoxy) is 1. The Morgan fingerprint density at radius 1 is 1.21 bits per heavy atom. The molecule has 0 radical (unpaired) electrons. The third kappa shape index (κ3) is 2.62.